The molecule has 2 aliphatic heterocycles. The van der Waals surface area contributed by atoms with Crippen molar-refractivity contribution in [2.24, 2.45) is 12.5 Å². The quantitative estimate of drug-likeness (QED) is 0.846. The normalized spacial score (nSPS) is 23.9. The van der Waals surface area contributed by atoms with Gasteiger partial charge in [-0.3, -0.25) is 9.69 Å². The Kier molecular flexibility index (Phi) is 4.53. The maximum Gasteiger partial charge on any atom is 0.230 e. The summed E-state index contributed by atoms with van der Waals surface area (Å²) in [6.07, 6.45) is 6.68. The van der Waals surface area contributed by atoms with Crippen LogP contribution >= 0.6 is 0 Å². The van der Waals surface area contributed by atoms with E-state index in [9.17, 15) is 9.18 Å². The first kappa shape index (κ1) is 17.2. The fourth-order valence-electron chi connectivity index (χ4n) is 4.33. The third kappa shape index (κ3) is 3.26. The lowest BCUT2D eigenvalue weighted by atomic mass is 9.78. The van der Waals surface area contributed by atoms with Gasteiger partial charge in [0, 0.05) is 39.1 Å². The summed E-state index contributed by atoms with van der Waals surface area (Å²) in [7, 11) is 2.00. The largest absolute Gasteiger partial charge is 0.338 e. The van der Waals surface area contributed by atoms with Gasteiger partial charge in [-0.15, -0.1) is 0 Å². The lowest BCUT2D eigenvalue weighted by Gasteiger charge is -2.39. The van der Waals surface area contributed by atoms with Crippen LogP contribution in [0.3, 0.4) is 0 Å². The zero-order chi connectivity index (χ0) is 18.1. The summed E-state index contributed by atoms with van der Waals surface area (Å²) in [5.41, 5.74) is 0.725. The van der Waals surface area contributed by atoms with Gasteiger partial charge in [0.1, 0.15) is 11.6 Å². The molecule has 6 heteroatoms. The van der Waals surface area contributed by atoms with Crippen molar-refractivity contribution < 1.29 is 9.18 Å². The van der Waals surface area contributed by atoms with E-state index in [1.54, 1.807) is 12.1 Å². The summed E-state index contributed by atoms with van der Waals surface area (Å²) < 4.78 is 15.2. The van der Waals surface area contributed by atoms with Gasteiger partial charge in [-0.05, 0) is 43.5 Å². The van der Waals surface area contributed by atoms with Crippen molar-refractivity contribution in [1.82, 2.24) is 19.4 Å². The van der Waals surface area contributed by atoms with Crippen molar-refractivity contribution in [3.8, 4) is 0 Å². The van der Waals surface area contributed by atoms with Crippen LogP contribution in [0.4, 0.5) is 4.39 Å². The highest BCUT2D eigenvalue weighted by Crippen LogP contribution is 2.40. The van der Waals surface area contributed by atoms with Gasteiger partial charge < -0.3 is 9.47 Å². The Labute approximate surface area is 153 Å². The van der Waals surface area contributed by atoms with Crippen LogP contribution in [0.2, 0.25) is 0 Å². The predicted octanol–water partition coefficient (Wildman–Crippen LogP) is 2.57. The number of halogens is 1. The van der Waals surface area contributed by atoms with E-state index in [1.807, 2.05) is 28.9 Å². The van der Waals surface area contributed by atoms with Crippen LogP contribution in [0.5, 0.6) is 0 Å². The highest BCUT2D eigenvalue weighted by Gasteiger charge is 2.48. The fraction of sp³-hybridized carbons (Fsp3) is 0.500. The molecule has 3 heterocycles. The molecule has 0 aliphatic carbocycles. The summed E-state index contributed by atoms with van der Waals surface area (Å²) in [5, 5.41) is 0. The zero-order valence-corrected chi connectivity index (χ0v) is 15.2. The number of imidazole rings is 1. The number of aromatic nitrogens is 2. The van der Waals surface area contributed by atoms with Gasteiger partial charge in [-0.1, -0.05) is 12.1 Å². The molecule has 2 fully saturated rings. The lowest BCUT2D eigenvalue weighted by molar-refractivity contribution is -0.146. The first-order chi connectivity index (χ1) is 12.6. The third-order valence-electron chi connectivity index (χ3n) is 5.83. The van der Waals surface area contributed by atoms with E-state index < -0.39 is 0 Å². The molecule has 26 heavy (non-hydrogen) atoms. The van der Waals surface area contributed by atoms with E-state index >= 15 is 0 Å². The Bertz CT molecular complexity index is 787. The maximum atomic E-state index is 13.2. The summed E-state index contributed by atoms with van der Waals surface area (Å²) in [6, 6.07) is 6.46. The summed E-state index contributed by atoms with van der Waals surface area (Å²) in [6.45, 7) is 3.88. The van der Waals surface area contributed by atoms with Gasteiger partial charge in [0.05, 0.1) is 12.0 Å². The molecule has 1 atom stereocenters. The molecule has 138 valence electrons. The van der Waals surface area contributed by atoms with Gasteiger partial charge in [0.2, 0.25) is 5.91 Å². The number of hydrogen-bond donors (Lipinski definition) is 0. The molecule has 2 aliphatic rings. The third-order valence-corrected chi connectivity index (χ3v) is 5.83. The average Bonchev–Trinajstić information content (AvgIpc) is 3.22. The van der Waals surface area contributed by atoms with E-state index in [0.717, 1.165) is 56.8 Å². The Morgan fingerprint density at radius 1 is 1.15 bits per heavy atom. The molecular formula is C20H25FN4O. The summed E-state index contributed by atoms with van der Waals surface area (Å²) in [4.78, 5) is 22.0. The number of benzene rings is 1. The number of piperidine rings is 1. The molecule has 1 amide bonds. The molecule has 2 aromatic rings. The second kappa shape index (κ2) is 6.83. The van der Waals surface area contributed by atoms with Crippen LogP contribution in [0, 0.1) is 11.2 Å². The highest BCUT2D eigenvalue weighted by atomic mass is 19.1. The topological polar surface area (TPSA) is 41.4 Å². The van der Waals surface area contributed by atoms with Gasteiger partial charge >= 0.3 is 0 Å². The number of aryl methyl sites for hydroxylation is 1. The van der Waals surface area contributed by atoms with Crippen molar-refractivity contribution in [3.05, 3.63) is 53.9 Å². The van der Waals surface area contributed by atoms with E-state index in [4.69, 9.17) is 0 Å². The Hall–Kier alpha value is -2.21. The molecule has 0 N–H and O–H groups in total. The van der Waals surface area contributed by atoms with Gasteiger partial charge in [0.15, 0.2) is 0 Å². The lowest BCUT2D eigenvalue weighted by Crippen LogP contribution is -2.49. The molecular weight excluding hydrogens is 331 g/mol. The molecule has 0 saturated carbocycles. The molecule has 2 saturated heterocycles. The molecule has 4 rings (SSSR count). The predicted molar refractivity (Wildman–Crippen MR) is 96.6 cm³/mol. The molecule has 1 aromatic heterocycles. The van der Waals surface area contributed by atoms with Gasteiger partial charge in [-0.25, -0.2) is 9.37 Å². The average molecular weight is 356 g/mol. The van der Waals surface area contributed by atoms with Crippen LogP contribution in [0.1, 0.15) is 30.7 Å². The van der Waals surface area contributed by atoms with Gasteiger partial charge in [-0.2, -0.15) is 0 Å². The van der Waals surface area contributed by atoms with E-state index in [-0.39, 0.29) is 17.1 Å². The van der Waals surface area contributed by atoms with E-state index in [2.05, 4.69) is 9.88 Å². The number of amides is 1. The van der Waals surface area contributed by atoms with Crippen molar-refractivity contribution in [3.63, 3.8) is 0 Å². The minimum Gasteiger partial charge on any atom is -0.338 e. The van der Waals surface area contributed by atoms with Crippen LogP contribution < -0.4 is 0 Å². The van der Waals surface area contributed by atoms with Crippen LogP contribution in [-0.4, -0.2) is 44.9 Å². The number of carbonyl (C=O) groups excluding carboxylic acids is 1. The Morgan fingerprint density at radius 3 is 2.69 bits per heavy atom. The first-order valence-electron chi connectivity index (χ1n) is 9.28. The Morgan fingerprint density at radius 2 is 1.96 bits per heavy atom. The van der Waals surface area contributed by atoms with Crippen LogP contribution in [0.25, 0.3) is 0 Å². The highest BCUT2D eigenvalue weighted by molar-refractivity contribution is 5.84. The van der Waals surface area contributed by atoms with Crippen molar-refractivity contribution >= 4 is 5.91 Å². The first-order valence-corrected chi connectivity index (χ1v) is 9.28. The number of carbonyl (C=O) groups is 1. The minimum absolute atomic E-state index is 0.240. The van der Waals surface area contributed by atoms with Crippen molar-refractivity contribution in [2.75, 3.05) is 19.6 Å². The van der Waals surface area contributed by atoms with E-state index in [1.165, 1.54) is 12.1 Å². The molecule has 1 spiro atoms. The molecule has 0 bridgehead atoms. The summed E-state index contributed by atoms with van der Waals surface area (Å²) in [5.74, 6) is 1.06. The molecule has 5 nitrogen and oxygen atoms in total. The minimum atomic E-state index is -0.260. The smallest absolute Gasteiger partial charge is 0.230 e. The number of hydrogen-bond acceptors (Lipinski definition) is 3. The monoisotopic (exact) mass is 356 g/mol. The number of rotatable bonds is 4. The van der Waals surface area contributed by atoms with Crippen molar-refractivity contribution in [1.29, 1.82) is 0 Å². The fourth-order valence-corrected chi connectivity index (χ4v) is 4.33. The molecule has 1 aromatic carbocycles. The standard InChI is InChI=1S/C20H25FN4O/c1-23-12-9-22-18(23)14-24-11-8-20(15-24)7-2-10-25(19(20)26)13-16-3-5-17(21)6-4-16/h3-6,9,12H,2,7-8,10-11,13-15H2,1H3/t20-/m1/s1. The van der Waals surface area contributed by atoms with Crippen LogP contribution in [-0.2, 0) is 24.9 Å². The van der Waals surface area contributed by atoms with Crippen LogP contribution in [0.15, 0.2) is 36.7 Å². The number of nitrogens with zero attached hydrogens (tertiary/aromatic N) is 4. The molecule has 0 radical (unpaired) electrons. The zero-order valence-electron chi connectivity index (χ0n) is 15.2. The summed E-state index contributed by atoms with van der Waals surface area (Å²) >= 11 is 0. The van der Waals surface area contributed by atoms with Crippen molar-refractivity contribution in [2.45, 2.75) is 32.4 Å². The van der Waals surface area contributed by atoms with E-state index in [0.29, 0.717) is 6.54 Å². The van der Waals surface area contributed by atoms with Gasteiger partial charge in [0.25, 0.3) is 0 Å². The second-order valence-electron chi connectivity index (χ2n) is 7.65. The second-order valence-corrected chi connectivity index (χ2v) is 7.65. The SMILES string of the molecule is Cn1ccnc1CN1CC[C@]2(CCCN(Cc3ccc(F)cc3)C2=O)C1. The Balaban J connectivity index is 1.44. The molecule has 0 unspecified atom stereocenters. The number of likely N-dealkylation sites (tertiary alicyclic amines) is 2. The maximum absolute atomic E-state index is 13.2.